The molecule has 0 heterocycles. The van der Waals surface area contributed by atoms with Crippen molar-refractivity contribution < 1.29 is 9.59 Å². The van der Waals surface area contributed by atoms with Crippen molar-refractivity contribution in [1.82, 2.24) is 5.32 Å². The number of carbonyl (C=O) groups excluding carboxylic acids is 2. The molecule has 0 aromatic heterocycles. The second-order valence-corrected chi connectivity index (χ2v) is 3.34. The van der Waals surface area contributed by atoms with Crippen LogP contribution in [-0.2, 0) is 9.59 Å². The maximum absolute atomic E-state index is 10.9. The average Bonchev–Trinajstić information content (AvgIpc) is 2.02. The highest BCUT2D eigenvalue weighted by atomic mass is 16.1. The summed E-state index contributed by atoms with van der Waals surface area (Å²) < 4.78 is 0. The lowest BCUT2D eigenvalue weighted by molar-refractivity contribution is -0.119. The van der Waals surface area contributed by atoms with Gasteiger partial charge in [-0.3, -0.25) is 4.79 Å². The molecule has 0 radical (unpaired) electrons. The van der Waals surface area contributed by atoms with Crippen molar-refractivity contribution in [2.75, 3.05) is 0 Å². The molecule has 12 heavy (non-hydrogen) atoms. The Morgan fingerprint density at radius 1 is 1.58 bits per heavy atom. The summed E-state index contributed by atoms with van der Waals surface area (Å²) in [4.78, 5) is 21.3. The predicted molar refractivity (Wildman–Crippen MR) is 47.6 cm³/mol. The molecule has 0 fully saturated rings. The van der Waals surface area contributed by atoms with Gasteiger partial charge in [0.25, 0.3) is 0 Å². The van der Waals surface area contributed by atoms with E-state index in [1.165, 1.54) is 6.08 Å². The number of aldehydes is 1. The van der Waals surface area contributed by atoms with Crippen LogP contribution >= 0.6 is 0 Å². The molecule has 0 aliphatic carbocycles. The maximum Gasteiger partial charge on any atom is 0.243 e. The van der Waals surface area contributed by atoms with Gasteiger partial charge < -0.3 is 10.1 Å². The molecule has 0 bridgehead atoms. The SMILES string of the molecule is C=CC(=O)NC(C)(C)C(C)C=O. The Hall–Kier alpha value is -1.12. The minimum atomic E-state index is -0.507. The zero-order valence-electron chi connectivity index (χ0n) is 7.76. The van der Waals surface area contributed by atoms with Gasteiger partial charge in [-0.1, -0.05) is 13.5 Å². The van der Waals surface area contributed by atoms with E-state index in [-0.39, 0.29) is 11.8 Å². The van der Waals surface area contributed by atoms with Gasteiger partial charge in [-0.05, 0) is 19.9 Å². The fraction of sp³-hybridized carbons (Fsp3) is 0.556. The van der Waals surface area contributed by atoms with E-state index in [4.69, 9.17) is 0 Å². The summed E-state index contributed by atoms with van der Waals surface area (Å²) >= 11 is 0. The molecule has 0 aliphatic heterocycles. The second-order valence-electron chi connectivity index (χ2n) is 3.34. The van der Waals surface area contributed by atoms with E-state index in [0.717, 1.165) is 6.29 Å². The van der Waals surface area contributed by atoms with E-state index in [9.17, 15) is 9.59 Å². The lowest BCUT2D eigenvalue weighted by Crippen LogP contribution is -2.48. The third-order valence-electron chi connectivity index (χ3n) is 1.97. The summed E-state index contributed by atoms with van der Waals surface area (Å²) in [7, 11) is 0. The topological polar surface area (TPSA) is 46.2 Å². The van der Waals surface area contributed by atoms with Crippen LogP contribution in [0.4, 0.5) is 0 Å². The van der Waals surface area contributed by atoms with Crippen LogP contribution in [0.25, 0.3) is 0 Å². The van der Waals surface area contributed by atoms with Gasteiger partial charge in [0.1, 0.15) is 6.29 Å². The monoisotopic (exact) mass is 169 g/mol. The first-order valence-corrected chi connectivity index (χ1v) is 3.84. The molecule has 1 atom stereocenters. The molecule has 1 N–H and O–H groups in total. The molecule has 3 heteroatoms. The summed E-state index contributed by atoms with van der Waals surface area (Å²) in [5.41, 5.74) is -0.507. The summed E-state index contributed by atoms with van der Waals surface area (Å²) in [6, 6.07) is 0. The van der Waals surface area contributed by atoms with Gasteiger partial charge in [-0.25, -0.2) is 0 Å². The second kappa shape index (κ2) is 4.04. The zero-order valence-corrected chi connectivity index (χ0v) is 7.76. The Morgan fingerprint density at radius 3 is 2.42 bits per heavy atom. The molecular weight excluding hydrogens is 154 g/mol. The summed E-state index contributed by atoms with van der Waals surface area (Å²) in [6.07, 6.45) is 2.02. The Kier molecular flexibility index (Phi) is 3.67. The van der Waals surface area contributed by atoms with Crippen LogP contribution in [0.1, 0.15) is 20.8 Å². The van der Waals surface area contributed by atoms with Crippen molar-refractivity contribution in [1.29, 1.82) is 0 Å². The zero-order chi connectivity index (χ0) is 9.78. The molecule has 68 valence electrons. The van der Waals surface area contributed by atoms with E-state index < -0.39 is 5.54 Å². The number of carbonyl (C=O) groups is 2. The molecule has 1 amide bonds. The standard InChI is InChI=1S/C9H15NO2/c1-5-8(12)10-9(3,4)7(2)6-11/h5-7H,1H2,2-4H3,(H,10,12). The number of nitrogens with one attached hydrogen (secondary N) is 1. The first-order chi connectivity index (χ1) is 5.44. The Labute approximate surface area is 72.8 Å². The highest BCUT2D eigenvalue weighted by molar-refractivity contribution is 5.87. The molecule has 0 saturated carbocycles. The van der Waals surface area contributed by atoms with E-state index in [0.29, 0.717) is 0 Å². The molecule has 1 unspecified atom stereocenters. The maximum atomic E-state index is 10.9. The van der Waals surface area contributed by atoms with Crippen molar-refractivity contribution in [3.8, 4) is 0 Å². The first-order valence-electron chi connectivity index (χ1n) is 3.84. The number of rotatable bonds is 4. The van der Waals surface area contributed by atoms with Crippen LogP contribution in [0.3, 0.4) is 0 Å². The average molecular weight is 169 g/mol. The third-order valence-corrected chi connectivity index (χ3v) is 1.97. The van der Waals surface area contributed by atoms with E-state index in [1.54, 1.807) is 20.8 Å². The van der Waals surface area contributed by atoms with Gasteiger partial charge >= 0.3 is 0 Å². The van der Waals surface area contributed by atoms with Crippen molar-refractivity contribution >= 4 is 12.2 Å². The van der Waals surface area contributed by atoms with Crippen molar-refractivity contribution in [3.63, 3.8) is 0 Å². The lowest BCUT2D eigenvalue weighted by Gasteiger charge is -2.28. The van der Waals surface area contributed by atoms with Crippen LogP contribution < -0.4 is 5.32 Å². The van der Waals surface area contributed by atoms with Gasteiger partial charge in [-0.2, -0.15) is 0 Å². The first kappa shape index (κ1) is 10.9. The fourth-order valence-corrected chi connectivity index (χ4v) is 0.652. The fourth-order valence-electron chi connectivity index (χ4n) is 0.652. The number of hydrogen-bond acceptors (Lipinski definition) is 2. The normalized spacial score (nSPS) is 13.2. The summed E-state index contributed by atoms with van der Waals surface area (Å²) in [5.74, 6) is -0.463. The lowest BCUT2D eigenvalue weighted by atomic mass is 9.90. The molecule has 0 aromatic rings. The van der Waals surface area contributed by atoms with E-state index in [2.05, 4.69) is 11.9 Å². The summed E-state index contributed by atoms with van der Waals surface area (Å²) in [6.45, 7) is 8.69. The smallest absolute Gasteiger partial charge is 0.243 e. The van der Waals surface area contributed by atoms with Gasteiger partial charge in [0.2, 0.25) is 5.91 Å². The minimum absolute atomic E-state index is 0.207. The number of hydrogen-bond donors (Lipinski definition) is 1. The highest BCUT2D eigenvalue weighted by Gasteiger charge is 2.26. The van der Waals surface area contributed by atoms with E-state index >= 15 is 0 Å². The molecule has 0 aliphatic rings. The third kappa shape index (κ3) is 2.86. The van der Waals surface area contributed by atoms with Gasteiger partial charge in [-0.15, -0.1) is 0 Å². The summed E-state index contributed by atoms with van der Waals surface area (Å²) in [5, 5.41) is 2.67. The Morgan fingerprint density at radius 2 is 2.08 bits per heavy atom. The van der Waals surface area contributed by atoms with Crippen molar-refractivity contribution in [2.45, 2.75) is 26.3 Å². The minimum Gasteiger partial charge on any atom is -0.347 e. The van der Waals surface area contributed by atoms with E-state index in [1.807, 2.05) is 0 Å². The van der Waals surface area contributed by atoms with Gasteiger partial charge in [0.15, 0.2) is 0 Å². The Balaban J connectivity index is 4.30. The molecule has 0 saturated heterocycles. The molecule has 3 nitrogen and oxygen atoms in total. The molecule has 0 aromatic carbocycles. The Bertz CT molecular complexity index is 197. The number of amides is 1. The van der Waals surface area contributed by atoms with Crippen LogP contribution in [0.15, 0.2) is 12.7 Å². The van der Waals surface area contributed by atoms with Gasteiger partial charge in [0.05, 0.1) is 0 Å². The molecule has 0 spiro atoms. The predicted octanol–water partition coefficient (Wildman–Crippen LogP) is 0.902. The molecular formula is C9H15NO2. The quantitative estimate of drug-likeness (QED) is 0.502. The van der Waals surface area contributed by atoms with Crippen LogP contribution in [-0.4, -0.2) is 17.7 Å². The van der Waals surface area contributed by atoms with Crippen molar-refractivity contribution in [2.24, 2.45) is 5.92 Å². The highest BCUT2D eigenvalue weighted by Crippen LogP contribution is 2.13. The van der Waals surface area contributed by atoms with Gasteiger partial charge in [0, 0.05) is 11.5 Å². The van der Waals surface area contributed by atoms with Crippen LogP contribution in [0.5, 0.6) is 0 Å². The van der Waals surface area contributed by atoms with Crippen LogP contribution in [0, 0.1) is 5.92 Å². The molecule has 0 rings (SSSR count). The van der Waals surface area contributed by atoms with Crippen molar-refractivity contribution in [3.05, 3.63) is 12.7 Å². The van der Waals surface area contributed by atoms with Crippen LogP contribution in [0.2, 0.25) is 0 Å². The largest absolute Gasteiger partial charge is 0.347 e.